The lowest BCUT2D eigenvalue weighted by atomic mass is 10.2. The highest BCUT2D eigenvalue weighted by molar-refractivity contribution is 5.82. The molecule has 6 nitrogen and oxygen atoms in total. The van der Waals surface area contributed by atoms with Gasteiger partial charge in [0.1, 0.15) is 23.7 Å². The smallest absolute Gasteiger partial charge is 0.326 e. The molecule has 0 aliphatic heterocycles. The van der Waals surface area contributed by atoms with E-state index in [0.29, 0.717) is 18.8 Å². The van der Waals surface area contributed by atoms with Crippen molar-refractivity contribution in [2.24, 2.45) is 0 Å². The third-order valence-electron chi connectivity index (χ3n) is 3.31. The molecular weight excluding hydrogens is 339 g/mol. The first-order valence-electron chi connectivity index (χ1n) is 8.59. The maximum absolute atomic E-state index is 12.9. The highest BCUT2D eigenvalue weighted by Gasteiger charge is 2.22. The fraction of sp³-hybridized carbons (Fsp3) is 0.579. The molecule has 1 aromatic rings. The molecule has 0 radical (unpaired) electrons. The summed E-state index contributed by atoms with van der Waals surface area (Å²) in [5.74, 6) is -0.490. The Kier molecular flexibility index (Phi) is 8.51. The van der Waals surface area contributed by atoms with E-state index in [4.69, 9.17) is 9.47 Å². The summed E-state index contributed by atoms with van der Waals surface area (Å²) in [6.45, 7) is 6.46. The second-order valence-electron chi connectivity index (χ2n) is 7.26. The molecule has 26 heavy (non-hydrogen) atoms. The fourth-order valence-corrected chi connectivity index (χ4v) is 2.09. The van der Waals surface area contributed by atoms with Crippen molar-refractivity contribution in [1.29, 1.82) is 0 Å². The van der Waals surface area contributed by atoms with E-state index in [1.54, 1.807) is 20.8 Å². The molecule has 0 saturated carbocycles. The lowest BCUT2D eigenvalue weighted by Crippen LogP contribution is -2.42. The van der Waals surface area contributed by atoms with Crippen LogP contribution in [0.15, 0.2) is 24.3 Å². The lowest BCUT2D eigenvalue weighted by molar-refractivity contribution is -0.159. The Morgan fingerprint density at radius 3 is 2.23 bits per heavy atom. The summed E-state index contributed by atoms with van der Waals surface area (Å²) < 4.78 is 23.6. The van der Waals surface area contributed by atoms with Crippen LogP contribution in [0.1, 0.15) is 27.2 Å². The fourth-order valence-electron chi connectivity index (χ4n) is 2.09. The molecule has 0 fully saturated rings. The number of ether oxygens (including phenoxy) is 2. The molecule has 146 valence electrons. The van der Waals surface area contributed by atoms with Gasteiger partial charge in [-0.25, -0.2) is 4.39 Å². The molecule has 0 N–H and O–H groups in total. The number of likely N-dealkylation sites (N-methyl/N-ethyl adjacent to an activating group) is 1. The second kappa shape index (κ2) is 10.1. The average molecular weight is 368 g/mol. The number of esters is 1. The molecular formula is C19H29FN2O4. The van der Waals surface area contributed by atoms with Crippen LogP contribution in [0.2, 0.25) is 0 Å². The Labute approximate surface area is 154 Å². The van der Waals surface area contributed by atoms with E-state index in [1.165, 1.54) is 29.2 Å². The molecule has 1 amide bonds. The molecule has 0 heterocycles. The van der Waals surface area contributed by atoms with Crippen molar-refractivity contribution >= 4 is 11.9 Å². The van der Waals surface area contributed by atoms with Gasteiger partial charge >= 0.3 is 5.97 Å². The zero-order chi connectivity index (χ0) is 19.7. The number of carbonyl (C=O) groups excluding carboxylic acids is 2. The topological polar surface area (TPSA) is 59.1 Å². The summed E-state index contributed by atoms with van der Waals surface area (Å²) in [5, 5.41) is 0. The molecule has 7 heteroatoms. The van der Waals surface area contributed by atoms with E-state index in [-0.39, 0.29) is 31.3 Å². The molecule has 0 aromatic heterocycles. The zero-order valence-corrected chi connectivity index (χ0v) is 16.3. The maximum atomic E-state index is 12.9. The third kappa shape index (κ3) is 9.36. The Morgan fingerprint density at radius 2 is 1.69 bits per heavy atom. The van der Waals surface area contributed by atoms with Crippen molar-refractivity contribution in [3.8, 4) is 5.75 Å². The van der Waals surface area contributed by atoms with Crippen LogP contribution in [0.3, 0.4) is 0 Å². The van der Waals surface area contributed by atoms with E-state index < -0.39 is 11.6 Å². The summed E-state index contributed by atoms with van der Waals surface area (Å²) in [7, 11) is 3.79. The van der Waals surface area contributed by atoms with Crippen LogP contribution in [0, 0.1) is 5.82 Å². The maximum Gasteiger partial charge on any atom is 0.326 e. The third-order valence-corrected chi connectivity index (χ3v) is 3.31. The van der Waals surface area contributed by atoms with E-state index in [2.05, 4.69) is 0 Å². The van der Waals surface area contributed by atoms with E-state index >= 15 is 0 Å². The van der Waals surface area contributed by atoms with Gasteiger partial charge in [0.05, 0.1) is 13.0 Å². The number of halogens is 1. The number of benzene rings is 1. The molecule has 0 spiro atoms. The molecule has 0 unspecified atom stereocenters. The molecule has 0 aliphatic rings. The van der Waals surface area contributed by atoms with Crippen LogP contribution in [0.5, 0.6) is 5.75 Å². The number of nitrogens with zero attached hydrogens (tertiary/aromatic N) is 2. The van der Waals surface area contributed by atoms with Gasteiger partial charge in [-0.2, -0.15) is 0 Å². The predicted octanol–water partition coefficient (Wildman–Crippen LogP) is 2.33. The summed E-state index contributed by atoms with van der Waals surface area (Å²) in [6, 6.07) is 5.60. The van der Waals surface area contributed by atoms with Crippen molar-refractivity contribution in [1.82, 2.24) is 9.80 Å². The first-order chi connectivity index (χ1) is 12.1. The Morgan fingerprint density at radius 1 is 1.08 bits per heavy atom. The monoisotopic (exact) mass is 368 g/mol. The van der Waals surface area contributed by atoms with Gasteiger partial charge in [0.25, 0.3) is 0 Å². The first kappa shape index (κ1) is 21.9. The van der Waals surface area contributed by atoms with Gasteiger partial charge in [-0.1, -0.05) is 0 Å². The van der Waals surface area contributed by atoms with Crippen LogP contribution >= 0.6 is 0 Å². The summed E-state index contributed by atoms with van der Waals surface area (Å²) >= 11 is 0. The van der Waals surface area contributed by atoms with Crippen LogP contribution in [-0.4, -0.2) is 67.6 Å². The van der Waals surface area contributed by atoms with E-state index in [0.717, 1.165) is 0 Å². The van der Waals surface area contributed by atoms with E-state index in [9.17, 15) is 14.0 Å². The Bertz CT molecular complexity index is 582. The van der Waals surface area contributed by atoms with Crippen molar-refractivity contribution in [3.63, 3.8) is 0 Å². The van der Waals surface area contributed by atoms with Crippen molar-refractivity contribution in [2.75, 3.05) is 40.3 Å². The summed E-state index contributed by atoms with van der Waals surface area (Å²) in [5.41, 5.74) is -0.598. The molecule has 0 bridgehead atoms. The summed E-state index contributed by atoms with van der Waals surface area (Å²) in [6.07, 6.45) is 0.119. The Balaban J connectivity index is 2.56. The number of hydrogen-bond donors (Lipinski definition) is 0. The molecule has 0 saturated heterocycles. The van der Waals surface area contributed by atoms with Gasteiger partial charge in [-0.15, -0.1) is 0 Å². The molecule has 1 aromatic carbocycles. The molecule has 1 rings (SSSR count). The number of carbonyl (C=O) groups is 2. The minimum Gasteiger partial charge on any atom is -0.493 e. The molecule has 0 atom stereocenters. The number of amides is 1. The van der Waals surface area contributed by atoms with Gasteiger partial charge in [-0.3, -0.25) is 9.59 Å². The predicted molar refractivity (Wildman–Crippen MR) is 97.5 cm³/mol. The van der Waals surface area contributed by atoms with Crippen molar-refractivity contribution in [3.05, 3.63) is 30.1 Å². The van der Waals surface area contributed by atoms with E-state index in [1.807, 2.05) is 19.0 Å². The highest BCUT2D eigenvalue weighted by Crippen LogP contribution is 2.12. The first-order valence-corrected chi connectivity index (χ1v) is 8.59. The van der Waals surface area contributed by atoms with Gasteiger partial charge in [0.15, 0.2) is 0 Å². The average Bonchev–Trinajstić information content (AvgIpc) is 2.51. The van der Waals surface area contributed by atoms with Gasteiger partial charge in [0, 0.05) is 13.1 Å². The highest BCUT2D eigenvalue weighted by atomic mass is 19.1. The van der Waals surface area contributed by atoms with Gasteiger partial charge < -0.3 is 19.3 Å². The largest absolute Gasteiger partial charge is 0.493 e. The quantitative estimate of drug-likeness (QED) is 0.626. The minimum atomic E-state index is -0.598. The molecule has 0 aliphatic carbocycles. The van der Waals surface area contributed by atoms with Crippen molar-refractivity contribution < 1.29 is 23.5 Å². The SMILES string of the molecule is CN(C)CCN(CC(=O)OC(C)(C)C)C(=O)CCOc1ccc(F)cc1. The number of hydrogen-bond acceptors (Lipinski definition) is 5. The second-order valence-corrected chi connectivity index (χ2v) is 7.26. The normalized spacial score (nSPS) is 11.3. The zero-order valence-electron chi connectivity index (χ0n) is 16.3. The lowest BCUT2D eigenvalue weighted by Gasteiger charge is -2.26. The van der Waals surface area contributed by atoms with Crippen LogP contribution in [0.4, 0.5) is 4.39 Å². The van der Waals surface area contributed by atoms with Gasteiger partial charge in [-0.05, 0) is 59.1 Å². The van der Waals surface area contributed by atoms with Crippen LogP contribution in [-0.2, 0) is 14.3 Å². The number of rotatable bonds is 9. The van der Waals surface area contributed by atoms with Gasteiger partial charge in [0.2, 0.25) is 5.91 Å². The summed E-state index contributed by atoms with van der Waals surface area (Å²) in [4.78, 5) is 27.9. The Hall–Kier alpha value is -2.15. The van der Waals surface area contributed by atoms with Crippen molar-refractivity contribution in [2.45, 2.75) is 32.8 Å². The van der Waals surface area contributed by atoms with Crippen LogP contribution < -0.4 is 4.74 Å². The standard InChI is InChI=1S/C19H29FN2O4/c1-19(2,3)26-18(24)14-22(12-11-21(4)5)17(23)10-13-25-16-8-6-15(20)7-9-16/h6-9H,10-14H2,1-5H3. The van der Waals surface area contributed by atoms with Crippen LogP contribution in [0.25, 0.3) is 0 Å². The minimum absolute atomic E-state index is 0.0967.